The smallest absolute Gasteiger partial charge is 0.283 e. The largest absolute Gasteiger partial charge is 0.293 e. The van der Waals surface area contributed by atoms with Crippen molar-refractivity contribution in [1.82, 2.24) is 14.6 Å². The standard InChI is InChI=1S/C17H11N3O2S2/c21-14(11-6-2-1-3-7-11)10-23-17-19-20-15(22)12-8-4-5-9-13(12)18-16(20)24-17/h1-9H,10H2. The number of rotatable bonds is 4. The Morgan fingerprint density at radius 1 is 1.08 bits per heavy atom. The summed E-state index contributed by atoms with van der Waals surface area (Å²) in [5, 5.41) is 4.84. The molecule has 0 aliphatic carbocycles. The lowest BCUT2D eigenvalue weighted by Crippen LogP contribution is -2.15. The van der Waals surface area contributed by atoms with Crippen molar-refractivity contribution in [2.75, 3.05) is 5.75 Å². The van der Waals surface area contributed by atoms with Crippen LogP contribution in [0.2, 0.25) is 0 Å². The van der Waals surface area contributed by atoms with Gasteiger partial charge in [0.15, 0.2) is 10.1 Å². The first kappa shape index (κ1) is 15.0. The Morgan fingerprint density at radius 2 is 1.83 bits per heavy atom. The number of Topliss-reactive ketones (excluding diaryl/α,β-unsaturated/α-hetero) is 1. The van der Waals surface area contributed by atoms with Crippen LogP contribution in [0, 0.1) is 0 Å². The summed E-state index contributed by atoms with van der Waals surface area (Å²) in [6.45, 7) is 0. The van der Waals surface area contributed by atoms with E-state index in [2.05, 4.69) is 10.1 Å². The second kappa shape index (κ2) is 6.18. The third-order valence-electron chi connectivity index (χ3n) is 3.51. The van der Waals surface area contributed by atoms with Gasteiger partial charge in [0.1, 0.15) is 0 Å². The third kappa shape index (κ3) is 2.72. The fourth-order valence-electron chi connectivity index (χ4n) is 2.33. The first-order valence-electron chi connectivity index (χ1n) is 7.22. The molecule has 0 fully saturated rings. The second-order valence-corrected chi connectivity index (χ2v) is 7.25. The number of fused-ring (bicyclic) bond motifs is 2. The molecule has 0 atom stereocenters. The minimum atomic E-state index is -0.187. The lowest BCUT2D eigenvalue weighted by Gasteiger charge is -1.97. The molecule has 2 aromatic carbocycles. The van der Waals surface area contributed by atoms with Crippen LogP contribution in [0.25, 0.3) is 15.9 Å². The first-order valence-corrected chi connectivity index (χ1v) is 9.02. The predicted octanol–water partition coefficient (Wildman–Crippen LogP) is 3.28. The number of nitrogens with zero attached hydrogens (tertiary/aromatic N) is 3. The van der Waals surface area contributed by atoms with Gasteiger partial charge in [-0.1, -0.05) is 65.6 Å². The topological polar surface area (TPSA) is 64.3 Å². The molecule has 0 unspecified atom stereocenters. The number of aromatic nitrogens is 3. The Bertz CT molecular complexity index is 1100. The number of hydrogen-bond acceptors (Lipinski definition) is 6. The van der Waals surface area contributed by atoms with Crippen molar-refractivity contribution in [2.24, 2.45) is 0 Å². The van der Waals surface area contributed by atoms with Gasteiger partial charge in [-0.3, -0.25) is 9.59 Å². The Balaban J connectivity index is 1.64. The molecule has 0 N–H and O–H groups in total. The molecule has 0 aliphatic rings. The molecule has 4 aromatic rings. The van der Waals surface area contributed by atoms with E-state index < -0.39 is 0 Å². The summed E-state index contributed by atoms with van der Waals surface area (Å²) in [5.41, 5.74) is 1.14. The number of ketones is 1. The van der Waals surface area contributed by atoms with E-state index in [9.17, 15) is 9.59 Å². The highest BCUT2D eigenvalue weighted by molar-refractivity contribution is 8.01. The summed E-state index contributed by atoms with van der Waals surface area (Å²) in [6.07, 6.45) is 0. The number of para-hydroxylation sites is 1. The maximum Gasteiger partial charge on any atom is 0.283 e. The minimum Gasteiger partial charge on any atom is -0.293 e. The van der Waals surface area contributed by atoms with Gasteiger partial charge in [0.2, 0.25) is 4.96 Å². The summed E-state index contributed by atoms with van der Waals surface area (Å²) in [4.78, 5) is 29.6. The highest BCUT2D eigenvalue weighted by Crippen LogP contribution is 2.25. The Morgan fingerprint density at radius 3 is 2.67 bits per heavy atom. The molecule has 5 nitrogen and oxygen atoms in total. The van der Waals surface area contributed by atoms with E-state index >= 15 is 0 Å². The zero-order chi connectivity index (χ0) is 16.5. The normalized spacial score (nSPS) is 11.2. The van der Waals surface area contributed by atoms with E-state index in [0.29, 0.717) is 25.8 Å². The average Bonchev–Trinajstić information content (AvgIpc) is 3.04. The Kier molecular flexibility index (Phi) is 3.87. The number of carbonyl (C=O) groups excluding carboxylic acids is 1. The lowest BCUT2D eigenvalue weighted by molar-refractivity contribution is 0.102. The summed E-state index contributed by atoms with van der Waals surface area (Å²) < 4.78 is 1.96. The molecule has 2 aromatic heterocycles. The van der Waals surface area contributed by atoms with Gasteiger partial charge in [-0.15, -0.1) is 5.10 Å². The molecule has 0 spiro atoms. The van der Waals surface area contributed by atoms with Gasteiger partial charge in [-0.05, 0) is 12.1 Å². The van der Waals surface area contributed by atoms with Crippen LogP contribution in [0.4, 0.5) is 0 Å². The summed E-state index contributed by atoms with van der Waals surface area (Å²) in [5.74, 6) is 0.309. The van der Waals surface area contributed by atoms with Crippen LogP contribution in [0.3, 0.4) is 0 Å². The van der Waals surface area contributed by atoms with Gasteiger partial charge >= 0.3 is 0 Å². The number of thioether (sulfide) groups is 1. The van der Waals surface area contributed by atoms with Crippen molar-refractivity contribution in [2.45, 2.75) is 4.34 Å². The van der Waals surface area contributed by atoms with E-state index in [1.54, 1.807) is 24.3 Å². The van der Waals surface area contributed by atoms with Gasteiger partial charge in [0, 0.05) is 5.56 Å². The average molecular weight is 353 g/mol. The predicted molar refractivity (Wildman–Crippen MR) is 96.1 cm³/mol. The van der Waals surface area contributed by atoms with E-state index in [0.717, 1.165) is 0 Å². The van der Waals surface area contributed by atoms with Gasteiger partial charge in [-0.25, -0.2) is 4.98 Å². The van der Waals surface area contributed by atoms with Crippen LogP contribution < -0.4 is 5.56 Å². The molecule has 24 heavy (non-hydrogen) atoms. The second-order valence-electron chi connectivity index (χ2n) is 5.07. The number of hydrogen-bond donors (Lipinski definition) is 0. The van der Waals surface area contributed by atoms with Crippen LogP contribution in [0.1, 0.15) is 10.4 Å². The van der Waals surface area contributed by atoms with Crippen molar-refractivity contribution in [3.63, 3.8) is 0 Å². The summed E-state index contributed by atoms with van der Waals surface area (Å²) in [7, 11) is 0. The molecular formula is C17H11N3O2S2. The lowest BCUT2D eigenvalue weighted by atomic mass is 10.2. The maximum atomic E-state index is 12.5. The summed E-state index contributed by atoms with van der Waals surface area (Å²) >= 11 is 2.64. The fraction of sp³-hybridized carbons (Fsp3) is 0.0588. The van der Waals surface area contributed by atoms with E-state index in [1.165, 1.54) is 27.6 Å². The molecule has 0 saturated heterocycles. The van der Waals surface area contributed by atoms with Crippen LogP contribution in [0.5, 0.6) is 0 Å². The Labute approximate surface area is 145 Å². The quantitative estimate of drug-likeness (QED) is 0.416. The molecule has 0 amide bonds. The van der Waals surface area contributed by atoms with E-state index in [4.69, 9.17) is 0 Å². The maximum absolute atomic E-state index is 12.5. The molecular weight excluding hydrogens is 342 g/mol. The molecule has 0 saturated carbocycles. The number of carbonyl (C=O) groups is 1. The SMILES string of the molecule is O=C(CSc1nn2c(=O)c3ccccc3nc2s1)c1ccccc1. The Hall–Kier alpha value is -2.51. The van der Waals surface area contributed by atoms with Crippen molar-refractivity contribution >= 4 is 44.7 Å². The van der Waals surface area contributed by atoms with Gasteiger partial charge in [0.05, 0.1) is 16.7 Å². The summed E-state index contributed by atoms with van der Waals surface area (Å²) in [6, 6.07) is 16.3. The fourth-order valence-corrected chi connectivity index (χ4v) is 4.16. The van der Waals surface area contributed by atoms with Crippen LogP contribution in [-0.2, 0) is 0 Å². The highest BCUT2D eigenvalue weighted by atomic mass is 32.2. The molecule has 118 valence electrons. The van der Waals surface area contributed by atoms with Crippen molar-refractivity contribution < 1.29 is 4.79 Å². The third-order valence-corrected chi connectivity index (χ3v) is 5.55. The molecule has 2 heterocycles. The molecule has 4 rings (SSSR count). The van der Waals surface area contributed by atoms with Crippen LogP contribution in [-0.4, -0.2) is 26.1 Å². The molecule has 0 bridgehead atoms. The monoisotopic (exact) mass is 353 g/mol. The van der Waals surface area contributed by atoms with Gasteiger partial charge in [-0.2, -0.15) is 4.52 Å². The van der Waals surface area contributed by atoms with Crippen LogP contribution >= 0.6 is 23.1 Å². The van der Waals surface area contributed by atoms with E-state index in [-0.39, 0.29) is 17.1 Å². The zero-order valence-electron chi connectivity index (χ0n) is 12.4. The number of benzene rings is 2. The highest BCUT2D eigenvalue weighted by Gasteiger charge is 2.13. The van der Waals surface area contributed by atoms with Crippen LogP contribution in [0.15, 0.2) is 63.7 Å². The van der Waals surface area contributed by atoms with Crippen molar-refractivity contribution in [3.8, 4) is 0 Å². The molecule has 7 heteroatoms. The van der Waals surface area contributed by atoms with E-state index in [1.807, 2.05) is 30.3 Å². The zero-order valence-corrected chi connectivity index (χ0v) is 14.0. The molecule has 0 radical (unpaired) electrons. The van der Waals surface area contributed by atoms with Gasteiger partial charge in [0.25, 0.3) is 5.56 Å². The molecule has 0 aliphatic heterocycles. The first-order chi connectivity index (χ1) is 11.7. The van der Waals surface area contributed by atoms with Crippen molar-refractivity contribution in [1.29, 1.82) is 0 Å². The van der Waals surface area contributed by atoms with Crippen molar-refractivity contribution in [3.05, 3.63) is 70.5 Å². The minimum absolute atomic E-state index is 0.0327. The van der Waals surface area contributed by atoms with Gasteiger partial charge < -0.3 is 0 Å².